The number of aryl methyl sites for hydroxylation is 2. The Kier molecular flexibility index (Phi) is 3.08. The summed E-state index contributed by atoms with van der Waals surface area (Å²) in [5, 5.41) is 5.32. The van der Waals surface area contributed by atoms with Crippen LogP contribution in [-0.4, -0.2) is 9.97 Å². The van der Waals surface area contributed by atoms with E-state index in [0.717, 1.165) is 5.69 Å². The van der Waals surface area contributed by atoms with Crippen molar-refractivity contribution in [3.05, 3.63) is 72.2 Å². The van der Waals surface area contributed by atoms with Crippen molar-refractivity contribution in [2.75, 3.05) is 0 Å². The van der Waals surface area contributed by atoms with Crippen LogP contribution in [-0.2, 0) is 12.8 Å². The van der Waals surface area contributed by atoms with Crippen molar-refractivity contribution in [1.29, 1.82) is 0 Å². The van der Waals surface area contributed by atoms with Crippen LogP contribution in [0, 0.1) is 0 Å². The molecule has 0 unspecified atom stereocenters. The van der Waals surface area contributed by atoms with Gasteiger partial charge in [0.25, 0.3) is 0 Å². The number of fused-ring (bicyclic) bond motifs is 5. The second-order valence-electron chi connectivity index (χ2n) is 6.57. The molecule has 0 amide bonds. The number of aromatic nitrogens is 2. The van der Waals surface area contributed by atoms with Crippen LogP contribution >= 0.6 is 0 Å². The minimum atomic E-state index is 0.948. The van der Waals surface area contributed by atoms with E-state index in [0.29, 0.717) is 0 Å². The summed E-state index contributed by atoms with van der Waals surface area (Å²) in [5.41, 5.74) is 5.19. The molecule has 4 aromatic rings. The molecule has 5 rings (SSSR count). The second kappa shape index (κ2) is 5.41. The van der Waals surface area contributed by atoms with Gasteiger partial charge in [-0.15, -0.1) is 0 Å². The van der Waals surface area contributed by atoms with E-state index in [4.69, 9.17) is 0 Å². The molecule has 1 aromatic heterocycles. The van der Waals surface area contributed by atoms with E-state index >= 15 is 0 Å². The van der Waals surface area contributed by atoms with Gasteiger partial charge in [0.05, 0.1) is 11.9 Å². The molecule has 0 spiro atoms. The summed E-state index contributed by atoms with van der Waals surface area (Å²) in [6, 6.07) is 15.6. The molecule has 2 heteroatoms. The van der Waals surface area contributed by atoms with Crippen molar-refractivity contribution in [1.82, 2.24) is 9.97 Å². The van der Waals surface area contributed by atoms with Gasteiger partial charge in [0.2, 0.25) is 0 Å². The van der Waals surface area contributed by atoms with Crippen molar-refractivity contribution < 1.29 is 0 Å². The fourth-order valence-electron chi connectivity index (χ4n) is 4.08. The molecule has 0 atom stereocenters. The van der Waals surface area contributed by atoms with Gasteiger partial charge >= 0.3 is 0 Å². The first-order chi connectivity index (χ1) is 11.9. The standard InChI is InChI=1S/C22H18N2/c1-2-6-16-15(5-1)9-10-19-17-7-3-4-8-18(17)21(13-20(16)19)22-14-23-11-12-24-22/h3-4,7-14H,1-2,5-6H2. The van der Waals surface area contributed by atoms with Crippen molar-refractivity contribution in [2.24, 2.45) is 0 Å². The predicted molar refractivity (Wildman–Crippen MR) is 99.1 cm³/mol. The molecule has 3 aromatic carbocycles. The number of hydrogen-bond acceptors (Lipinski definition) is 2. The summed E-state index contributed by atoms with van der Waals surface area (Å²) in [6.07, 6.45) is 10.4. The fourth-order valence-corrected chi connectivity index (χ4v) is 4.08. The van der Waals surface area contributed by atoms with Crippen LogP contribution in [0.25, 0.3) is 32.8 Å². The molecule has 116 valence electrons. The van der Waals surface area contributed by atoms with Gasteiger partial charge in [0.1, 0.15) is 0 Å². The summed E-state index contributed by atoms with van der Waals surface area (Å²) in [5.74, 6) is 0. The molecule has 1 heterocycles. The Hall–Kier alpha value is -2.74. The van der Waals surface area contributed by atoms with Crippen molar-refractivity contribution >= 4 is 21.5 Å². The second-order valence-corrected chi connectivity index (χ2v) is 6.57. The molecular weight excluding hydrogens is 292 g/mol. The smallest absolute Gasteiger partial charge is 0.0891 e. The molecule has 2 nitrogen and oxygen atoms in total. The summed E-state index contributed by atoms with van der Waals surface area (Å²) >= 11 is 0. The molecule has 1 aliphatic rings. The maximum Gasteiger partial charge on any atom is 0.0891 e. The third kappa shape index (κ3) is 2.03. The van der Waals surface area contributed by atoms with Gasteiger partial charge in [-0.1, -0.05) is 36.4 Å². The number of hydrogen-bond donors (Lipinski definition) is 0. The minimum Gasteiger partial charge on any atom is -0.261 e. The zero-order chi connectivity index (χ0) is 15.9. The lowest BCUT2D eigenvalue weighted by molar-refractivity contribution is 0.690. The van der Waals surface area contributed by atoms with Gasteiger partial charge < -0.3 is 0 Å². The van der Waals surface area contributed by atoms with Crippen LogP contribution in [0.4, 0.5) is 0 Å². The summed E-state index contributed by atoms with van der Waals surface area (Å²) in [7, 11) is 0. The third-order valence-electron chi connectivity index (χ3n) is 5.21. The molecule has 1 aliphatic carbocycles. The zero-order valence-electron chi connectivity index (χ0n) is 13.5. The van der Waals surface area contributed by atoms with Gasteiger partial charge in [-0.25, -0.2) is 0 Å². The van der Waals surface area contributed by atoms with E-state index in [1.807, 2.05) is 6.20 Å². The van der Waals surface area contributed by atoms with Crippen LogP contribution in [0.3, 0.4) is 0 Å². The van der Waals surface area contributed by atoms with Crippen LogP contribution in [0.5, 0.6) is 0 Å². The lowest BCUT2D eigenvalue weighted by Crippen LogP contribution is -2.03. The molecule has 0 saturated carbocycles. The minimum absolute atomic E-state index is 0.948. The van der Waals surface area contributed by atoms with Crippen molar-refractivity contribution in [3.63, 3.8) is 0 Å². The van der Waals surface area contributed by atoms with E-state index in [9.17, 15) is 0 Å². The largest absolute Gasteiger partial charge is 0.261 e. The summed E-state index contributed by atoms with van der Waals surface area (Å²) < 4.78 is 0. The average Bonchev–Trinajstić information content (AvgIpc) is 2.67. The quantitative estimate of drug-likeness (QED) is 0.444. The first kappa shape index (κ1) is 13.7. The lowest BCUT2D eigenvalue weighted by atomic mass is 9.85. The van der Waals surface area contributed by atoms with Crippen LogP contribution < -0.4 is 0 Å². The lowest BCUT2D eigenvalue weighted by Gasteiger charge is -2.20. The first-order valence-corrected chi connectivity index (χ1v) is 8.64. The van der Waals surface area contributed by atoms with Gasteiger partial charge in [0, 0.05) is 18.0 Å². The third-order valence-corrected chi connectivity index (χ3v) is 5.21. The van der Waals surface area contributed by atoms with E-state index < -0.39 is 0 Å². The number of rotatable bonds is 1. The zero-order valence-corrected chi connectivity index (χ0v) is 13.5. The monoisotopic (exact) mass is 310 g/mol. The SMILES string of the molecule is c1ccc2c(c1)c(-c1cnccn1)cc1c3c(ccc12)CCCC3. The maximum absolute atomic E-state index is 4.56. The molecule has 0 bridgehead atoms. The number of nitrogens with zero attached hydrogens (tertiary/aromatic N) is 2. The topological polar surface area (TPSA) is 25.8 Å². The summed E-state index contributed by atoms with van der Waals surface area (Å²) in [4.78, 5) is 8.83. The number of benzene rings is 3. The maximum atomic E-state index is 4.56. The van der Waals surface area contributed by atoms with E-state index in [-0.39, 0.29) is 0 Å². The Morgan fingerprint density at radius 3 is 2.46 bits per heavy atom. The molecule has 0 aliphatic heterocycles. The van der Waals surface area contributed by atoms with E-state index in [1.54, 1.807) is 12.4 Å². The molecule has 0 saturated heterocycles. The highest BCUT2D eigenvalue weighted by atomic mass is 14.8. The van der Waals surface area contributed by atoms with Crippen LogP contribution in [0.2, 0.25) is 0 Å². The molecule has 0 N–H and O–H groups in total. The molecule has 0 radical (unpaired) electrons. The van der Waals surface area contributed by atoms with E-state index in [2.05, 4.69) is 52.4 Å². The highest BCUT2D eigenvalue weighted by Crippen LogP contribution is 2.38. The Balaban J connectivity index is 1.94. The highest BCUT2D eigenvalue weighted by Gasteiger charge is 2.16. The van der Waals surface area contributed by atoms with E-state index in [1.165, 1.54) is 63.9 Å². The van der Waals surface area contributed by atoms with Gasteiger partial charge in [-0.3, -0.25) is 9.97 Å². The molecular formula is C22H18N2. The Morgan fingerprint density at radius 1 is 0.750 bits per heavy atom. The predicted octanol–water partition coefficient (Wildman–Crippen LogP) is 5.33. The highest BCUT2D eigenvalue weighted by molar-refractivity contribution is 6.14. The van der Waals surface area contributed by atoms with Gasteiger partial charge in [-0.2, -0.15) is 0 Å². The van der Waals surface area contributed by atoms with Crippen molar-refractivity contribution in [3.8, 4) is 11.3 Å². The first-order valence-electron chi connectivity index (χ1n) is 8.64. The van der Waals surface area contributed by atoms with Gasteiger partial charge in [-0.05, 0) is 64.4 Å². The normalized spacial score (nSPS) is 14.0. The van der Waals surface area contributed by atoms with Crippen LogP contribution in [0.1, 0.15) is 24.0 Å². The summed E-state index contributed by atoms with van der Waals surface area (Å²) in [6.45, 7) is 0. The molecule has 0 fully saturated rings. The fraction of sp³-hybridized carbons (Fsp3) is 0.182. The van der Waals surface area contributed by atoms with Crippen molar-refractivity contribution in [2.45, 2.75) is 25.7 Å². The Bertz CT molecular complexity index is 1050. The Labute approximate surface area is 141 Å². The van der Waals surface area contributed by atoms with Crippen LogP contribution in [0.15, 0.2) is 61.1 Å². The average molecular weight is 310 g/mol. The van der Waals surface area contributed by atoms with Gasteiger partial charge in [0.15, 0.2) is 0 Å². The Morgan fingerprint density at radius 2 is 1.58 bits per heavy atom. The molecule has 24 heavy (non-hydrogen) atoms.